The third kappa shape index (κ3) is 6.50. The number of methoxy groups -OCH3 is 1. The number of thiazole rings is 1. The lowest BCUT2D eigenvalue weighted by Crippen LogP contribution is -2.41. The number of nitrogens with zero attached hydrogens (tertiary/aromatic N) is 3. The molecule has 0 saturated heterocycles. The first-order valence-electron chi connectivity index (χ1n) is 14.7. The number of carbonyl (C=O) groups is 3. The van der Waals surface area contributed by atoms with E-state index in [0.29, 0.717) is 38.6 Å². The fourth-order valence-electron chi connectivity index (χ4n) is 5.47. The number of allylic oxidation sites excluding steroid dienone is 1. The maximum Gasteiger partial charge on any atom is 0.338 e. The van der Waals surface area contributed by atoms with Gasteiger partial charge in [0.25, 0.3) is 17.4 Å². The number of carbonyl (C=O) groups excluding carboxylic acids is 2. The molecule has 0 fully saturated rings. The van der Waals surface area contributed by atoms with E-state index in [4.69, 9.17) is 19.4 Å². The van der Waals surface area contributed by atoms with Crippen LogP contribution in [0.5, 0.6) is 5.75 Å². The van der Waals surface area contributed by atoms with E-state index in [-0.39, 0.29) is 28.3 Å². The highest BCUT2D eigenvalue weighted by molar-refractivity contribution is 7.07. The Labute approximate surface area is 273 Å². The third-order valence-electron chi connectivity index (χ3n) is 7.43. The predicted molar refractivity (Wildman–Crippen MR) is 174 cm³/mol. The van der Waals surface area contributed by atoms with E-state index in [9.17, 15) is 18.8 Å². The molecule has 0 bridgehead atoms. The number of halogens is 1. The van der Waals surface area contributed by atoms with Gasteiger partial charge in [0.15, 0.2) is 4.80 Å². The summed E-state index contributed by atoms with van der Waals surface area (Å²) in [6.07, 6.45) is -0.385. The van der Waals surface area contributed by atoms with Crippen LogP contribution in [0.25, 0.3) is 5.57 Å². The van der Waals surface area contributed by atoms with E-state index < -0.39 is 35.3 Å². The number of rotatable bonds is 6. The number of amides is 1. The van der Waals surface area contributed by atoms with Crippen molar-refractivity contribution in [3.05, 3.63) is 126 Å². The average Bonchev–Trinajstić information content (AvgIpc) is 3.48. The topological polar surface area (TPSA) is 128 Å². The summed E-state index contributed by atoms with van der Waals surface area (Å²) < 4.78 is 27.1. The molecule has 6 rings (SSSR count). The molecule has 1 atom stereocenters. The van der Waals surface area contributed by atoms with Crippen LogP contribution in [0.4, 0.5) is 10.1 Å². The van der Waals surface area contributed by atoms with Crippen LogP contribution in [0.3, 0.4) is 0 Å². The summed E-state index contributed by atoms with van der Waals surface area (Å²) in [5.41, 5.74) is 2.59. The number of carboxylic acid groups (broad SMARTS) is 1. The fourth-order valence-corrected chi connectivity index (χ4v) is 6.60. The molecular weight excluding hydrogens is 625 g/mol. The van der Waals surface area contributed by atoms with Crippen molar-refractivity contribution in [1.29, 1.82) is 0 Å². The predicted octanol–water partition coefficient (Wildman–Crippen LogP) is 4.34. The van der Waals surface area contributed by atoms with E-state index in [0.717, 1.165) is 18.3 Å². The number of anilines is 1. The number of ether oxygens (including phenoxy) is 2. The van der Waals surface area contributed by atoms with E-state index in [1.54, 1.807) is 94.6 Å². The van der Waals surface area contributed by atoms with Crippen molar-refractivity contribution in [2.24, 2.45) is 4.99 Å². The molecule has 2 aliphatic heterocycles. The van der Waals surface area contributed by atoms with Gasteiger partial charge in [-0.05, 0) is 50.6 Å². The van der Waals surface area contributed by atoms with Crippen LogP contribution in [-0.4, -0.2) is 40.7 Å². The molecule has 0 radical (unpaired) electrons. The molecule has 12 heteroatoms. The number of hydrogen-bond donors (Lipinski definition) is 1. The van der Waals surface area contributed by atoms with Crippen molar-refractivity contribution < 1.29 is 33.4 Å². The first-order chi connectivity index (χ1) is 22.4. The highest BCUT2D eigenvalue weighted by Gasteiger charge is 2.37. The summed E-state index contributed by atoms with van der Waals surface area (Å²) >= 11 is 1.09. The van der Waals surface area contributed by atoms with Crippen molar-refractivity contribution in [2.45, 2.75) is 46.4 Å². The first-order valence-corrected chi connectivity index (χ1v) is 15.5. The minimum absolute atomic E-state index is 0.00312. The molecule has 0 saturated carbocycles. The molecule has 0 aliphatic carbocycles. The van der Waals surface area contributed by atoms with E-state index in [2.05, 4.69) is 4.99 Å². The maximum atomic E-state index is 14.6. The number of hydrogen-bond acceptors (Lipinski definition) is 8. The highest BCUT2D eigenvalue weighted by atomic mass is 32.1. The van der Waals surface area contributed by atoms with Gasteiger partial charge in [-0.15, -0.1) is 0 Å². The molecule has 1 amide bonds. The molecule has 242 valence electrons. The molecule has 1 aromatic heterocycles. The van der Waals surface area contributed by atoms with Gasteiger partial charge < -0.3 is 19.5 Å². The number of aliphatic carboxylic acids is 1. The van der Waals surface area contributed by atoms with Crippen LogP contribution in [0.15, 0.2) is 93.9 Å². The SMILES string of the molecule is CC(=O)O.COc1ccc(C2C(C(=O)OC(C)C)=C(C)N=c3s/c(=C4\C(=O)N(Cc5ccccc5F)c5ccccc54)c(=O)n32)cc1. The maximum absolute atomic E-state index is 14.6. The molecule has 1 N–H and O–H groups in total. The molecule has 3 aromatic carbocycles. The number of esters is 1. The van der Waals surface area contributed by atoms with Gasteiger partial charge in [0.05, 0.1) is 48.3 Å². The van der Waals surface area contributed by atoms with Gasteiger partial charge in [-0.2, -0.15) is 0 Å². The lowest BCUT2D eigenvalue weighted by Gasteiger charge is -2.25. The molecule has 2 aliphatic rings. The van der Waals surface area contributed by atoms with Gasteiger partial charge in [-0.25, -0.2) is 14.2 Å². The van der Waals surface area contributed by atoms with Gasteiger partial charge in [0, 0.05) is 18.1 Å². The zero-order valence-electron chi connectivity index (χ0n) is 26.3. The van der Waals surface area contributed by atoms with E-state index in [1.165, 1.54) is 15.5 Å². The van der Waals surface area contributed by atoms with Gasteiger partial charge >= 0.3 is 5.97 Å². The third-order valence-corrected chi connectivity index (χ3v) is 8.48. The molecule has 10 nitrogen and oxygen atoms in total. The van der Waals surface area contributed by atoms with Crippen LogP contribution < -0.4 is 24.5 Å². The van der Waals surface area contributed by atoms with Crippen LogP contribution in [-0.2, 0) is 25.7 Å². The number of carboxylic acids is 1. The lowest BCUT2D eigenvalue weighted by atomic mass is 9.95. The Balaban J connectivity index is 0.00000103. The summed E-state index contributed by atoms with van der Waals surface area (Å²) in [6.45, 7) is 6.30. The normalized spacial score (nSPS) is 16.2. The van der Waals surface area contributed by atoms with Gasteiger partial charge in [0.2, 0.25) is 0 Å². The van der Waals surface area contributed by atoms with Gasteiger partial charge in [-0.3, -0.25) is 19.0 Å². The number of para-hydroxylation sites is 1. The second kappa shape index (κ2) is 13.6. The van der Waals surface area contributed by atoms with Crippen LogP contribution in [0.1, 0.15) is 50.4 Å². The van der Waals surface area contributed by atoms with Crippen molar-refractivity contribution in [3.8, 4) is 5.75 Å². The number of fused-ring (bicyclic) bond motifs is 2. The van der Waals surface area contributed by atoms with Crippen molar-refractivity contribution >= 4 is 40.4 Å². The molecule has 3 heterocycles. The second-order valence-corrected chi connectivity index (χ2v) is 12.0. The quantitative estimate of drug-likeness (QED) is 0.306. The minimum Gasteiger partial charge on any atom is -0.497 e. The molecule has 4 aromatic rings. The minimum atomic E-state index is -0.843. The molecule has 1 unspecified atom stereocenters. The number of benzene rings is 3. The smallest absolute Gasteiger partial charge is 0.338 e. The Morgan fingerprint density at radius 1 is 1.02 bits per heavy atom. The standard InChI is InChI=1S/C33H28FN3O5S.C2H4O2/c1-18(2)42-32(40)26-19(3)35-33-37(28(26)20-13-15-22(41-4)16-14-20)31(39)29(43-33)27-23-10-6-8-12-25(23)36(30(27)38)17-21-9-5-7-11-24(21)34;1-2(3)4/h5-16,18,28H,17H2,1-4H3;1H3,(H,3,4)/b29-27-;. The zero-order valence-corrected chi connectivity index (χ0v) is 27.1. The van der Waals surface area contributed by atoms with E-state index in [1.807, 2.05) is 0 Å². The lowest BCUT2D eigenvalue weighted by molar-refractivity contribution is -0.143. The summed E-state index contributed by atoms with van der Waals surface area (Å²) in [4.78, 5) is 57.2. The van der Waals surface area contributed by atoms with Crippen molar-refractivity contribution in [1.82, 2.24) is 4.57 Å². The largest absolute Gasteiger partial charge is 0.497 e. The van der Waals surface area contributed by atoms with Gasteiger partial charge in [-0.1, -0.05) is 59.9 Å². The Bertz CT molecular complexity index is 2090. The highest BCUT2D eigenvalue weighted by Crippen LogP contribution is 2.37. The number of aromatic nitrogens is 1. The van der Waals surface area contributed by atoms with Crippen molar-refractivity contribution in [2.75, 3.05) is 12.0 Å². The summed E-state index contributed by atoms with van der Waals surface area (Å²) in [5.74, 6) is -1.62. The van der Waals surface area contributed by atoms with Crippen LogP contribution in [0.2, 0.25) is 0 Å². The zero-order chi connectivity index (χ0) is 34.0. The first kappa shape index (κ1) is 33.0. The summed E-state index contributed by atoms with van der Waals surface area (Å²) in [5, 5.41) is 7.42. The van der Waals surface area contributed by atoms with Crippen LogP contribution >= 0.6 is 11.3 Å². The van der Waals surface area contributed by atoms with Crippen LogP contribution in [0, 0.1) is 5.82 Å². The second-order valence-electron chi connectivity index (χ2n) is 11.0. The molecular formula is C35H32FN3O7S. The summed E-state index contributed by atoms with van der Waals surface area (Å²) in [6, 6.07) is 19.7. The summed E-state index contributed by atoms with van der Waals surface area (Å²) in [7, 11) is 1.56. The Hall–Kier alpha value is -5.36. The average molecular weight is 658 g/mol. The fraction of sp³-hybridized carbons (Fsp3) is 0.229. The molecule has 47 heavy (non-hydrogen) atoms. The van der Waals surface area contributed by atoms with Gasteiger partial charge in [0.1, 0.15) is 16.1 Å². The Morgan fingerprint density at radius 3 is 2.30 bits per heavy atom. The molecule has 0 spiro atoms. The Kier molecular flexibility index (Phi) is 9.52. The van der Waals surface area contributed by atoms with Crippen molar-refractivity contribution in [3.63, 3.8) is 0 Å². The van der Waals surface area contributed by atoms with E-state index >= 15 is 0 Å². The Morgan fingerprint density at radius 2 is 1.66 bits per heavy atom. The monoisotopic (exact) mass is 657 g/mol.